The fraction of sp³-hybridized carbons (Fsp3) is 0.750. The van der Waals surface area contributed by atoms with Crippen LogP contribution in [0.1, 0.15) is 12.1 Å². The molecule has 0 unspecified atom stereocenters. The zero-order valence-corrected chi connectivity index (χ0v) is 13.0. The third-order valence-corrected chi connectivity index (χ3v) is 5.98. The molecule has 0 spiro atoms. The zero-order valence-electron chi connectivity index (χ0n) is 12.2. The molecule has 1 fully saturated rings. The van der Waals surface area contributed by atoms with Gasteiger partial charge in [-0.05, 0) is 20.4 Å². The van der Waals surface area contributed by atoms with E-state index in [1.807, 2.05) is 7.05 Å². The van der Waals surface area contributed by atoms with E-state index in [4.69, 9.17) is 5.11 Å². The summed E-state index contributed by atoms with van der Waals surface area (Å²) < 4.78 is 28.4. The third-order valence-electron chi connectivity index (χ3n) is 4.01. The number of aromatic nitrogens is 2. The van der Waals surface area contributed by atoms with Crippen molar-refractivity contribution in [3.63, 3.8) is 0 Å². The lowest BCUT2D eigenvalue weighted by molar-refractivity contribution is 0.120. The van der Waals surface area contributed by atoms with E-state index in [0.717, 1.165) is 0 Å². The number of aryl methyl sites for hydroxylation is 1. The van der Waals surface area contributed by atoms with Crippen LogP contribution in [0.15, 0.2) is 11.1 Å². The molecule has 8 heteroatoms. The smallest absolute Gasteiger partial charge is 0.246 e. The quantitative estimate of drug-likeness (QED) is 0.805. The lowest BCUT2D eigenvalue weighted by Crippen LogP contribution is -2.53. The lowest BCUT2D eigenvalue weighted by Gasteiger charge is -2.38. The molecule has 0 amide bonds. The fourth-order valence-electron chi connectivity index (χ4n) is 2.47. The summed E-state index contributed by atoms with van der Waals surface area (Å²) in [6.07, 6.45) is 1.98. The Morgan fingerprint density at radius 3 is 2.65 bits per heavy atom. The molecule has 2 rings (SSSR count). The predicted molar refractivity (Wildman–Crippen MR) is 74.8 cm³/mol. The maximum atomic E-state index is 12.7. The van der Waals surface area contributed by atoms with Crippen molar-refractivity contribution in [1.82, 2.24) is 19.0 Å². The second-order valence-electron chi connectivity index (χ2n) is 5.23. The van der Waals surface area contributed by atoms with Crippen molar-refractivity contribution in [2.24, 2.45) is 7.05 Å². The van der Waals surface area contributed by atoms with Crippen LogP contribution in [0, 0.1) is 6.92 Å². The molecule has 0 saturated carbocycles. The summed E-state index contributed by atoms with van der Waals surface area (Å²) in [5.41, 5.74) is 0.641. The van der Waals surface area contributed by atoms with Gasteiger partial charge in [0.1, 0.15) is 4.90 Å². The van der Waals surface area contributed by atoms with Crippen LogP contribution in [0.5, 0.6) is 0 Å². The minimum Gasteiger partial charge on any atom is -0.396 e. The van der Waals surface area contributed by atoms with E-state index in [1.165, 1.54) is 10.5 Å². The maximum Gasteiger partial charge on any atom is 0.246 e. The van der Waals surface area contributed by atoms with E-state index in [9.17, 15) is 8.42 Å². The number of aliphatic hydroxyl groups excluding tert-OH is 1. The van der Waals surface area contributed by atoms with Crippen LogP contribution >= 0.6 is 0 Å². The number of hydrogen-bond donors (Lipinski definition) is 1. The third kappa shape index (κ3) is 2.73. The van der Waals surface area contributed by atoms with Crippen molar-refractivity contribution in [2.45, 2.75) is 24.3 Å². The Morgan fingerprint density at radius 1 is 1.40 bits per heavy atom. The van der Waals surface area contributed by atoms with Crippen molar-refractivity contribution >= 4 is 10.0 Å². The van der Waals surface area contributed by atoms with E-state index in [0.29, 0.717) is 31.7 Å². The van der Waals surface area contributed by atoms with E-state index >= 15 is 0 Å². The Bertz CT molecular complexity index is 569. The predicted octanol–water partition coefficient (Wildman–Crippen LogP) is -0.584. The van der Waals surface area contributed by atoms with Crippen LogP contribution in [-0.4, -0.2) is 71.8 Å². The number of hydrogen-bond acceptors (Lipinski definition) is 5. The molecule has 0 radical (unpaired) electrons. The van der Waals surface area contributed by atoms with Crippen molar-refractivity contribution in [2.75, 3.05) is 33.3 Å². The number of nitrogens with zero attached hydrogens (tertiary/aromatic N) is 4. The van der Waals surface area contributed by atoms with Gasteiger partial charge in [0.05, 0.1) is 11.9 Å². The second kappa shape index (κ2) is 5.80. The maximum absolute atomic E-state index is 12.7. The van der Waals surface area contributed by atoms with Gasteiger partial charge in [-0.2, -0.15) is 9.40 Å². The second-order valence-corrected chi connectivity index (χ2v) is 7.13. The molecule has 0 bridgehead atoms. The summed E-state index contributed by atoms with van der Waals surface area (Å²) in [6, 6.07) is 0.0560. The van der Waals surface area contributed by atoms with Gasteiger partial charge in [-0.15, -0.1) is 0 Å². The normalized spacial score (nSPS) is 22.3. The SMILES string of the molecule is Cc1c(S(=O)(=O)N2CCN(C)[C@H](CCO)C2)cnn1C. The molecule has 2 heterocycles. The summed E-state index contributed by atoms with van der Waals surface area (Å²) in [7, 11) is 0.182. The van der Waals surface area contributed by atoms with Gasteiger partial charge in [0, 0.05) is 39.3 Å². The Hall–Kier alpha value is -0.960. The van der Waals surface area contributed by atoms with Crippen LogP contribution in [0.2, 0.25) is 0 Å². The first-order valence-electron chi connectivity index (χ1n) is 6.67. The van der Waals surface area contributed by atoms with Gasteiger partial charge in [-0.1, -0.05) is 0 Å². The molecule has 0 aliphatic carbocycles. The summed E-state index contributed by atoms with van der Waals surface area (Å²) in [5, 5.41) is 13.1. The topological polar surface area (TPSA) is 78.7 Å². The Morgan fingerprint density at radius 2 is 2.10 bits per heavy atom. The molecular formula is C12H22N4O3S. The van der Waals surface area contributed by atoms with Crippen molar-refractivity contribution in [1.29, 1.82) is 0 Å². The minimum atomic E-state index is -3.50. The van der Waals surface area contributed by atoms with E-state index in [-0.39, 0.29) is 17.5 Å². The average Bonchev–Trinajstić information content (AvgIpc) is 2.73. The standard InChI is InChI=1S/C12H22N4O3S/c1-10-12(8-13-15(10)3)20(18,19)16-6-5-14(2)11(9-16)4-7-17/h8,11,17H,4-7,9H2,1-3H3/t11-/m1/s1. The molecule has 1 N–H and O–H groups in total. The first-order valence-corrected chi connectivity index (χ1v) is 8.11. The molecule has 7 nitrogen and oxygen atoms in total. The fourth-order valence-corrected chi connectivity index (χ4v) is 4.12. The molecular weight excluding hydrogens is 280 g/mol. The number of sulfonamides is 1. The van der Waals surface area contributed by atoms with Crippen molar-refractivity contribution in [3.8, 4) is 0 Å². The van der Waals surface area contributed by atoms with Gasteiger partial charge in [0.2, 0.25) is 10.0 Å². The zero-order chi connectivity index (χ0) is 14.9. The summed E-state index contributed by atoms with van der Waals surface area (Å²) in [5.74, 6) is 0. The Kier molecular flexibility index (Phi) is 4.48. The first-order chi connectivity index (χ1) is 9.37. The van der Waals surface area contributed by atoms with Crippen LogP contribution in [0.3, 0.4) is 0 Å². The van der Waals surface area contributed by atoms with Crippen molar-refractivity contribution in [3.05, 3.63) is 11.9 Å². The molecule has 1 saturated heterocycles. The Labute approximate surface area is 119 Å². The minimum absolute atomic E-state index is 0.0560. The van der Waals surface area contributed by atoms with Gasteiger partial charge < -0.3 is 10.0 Å². The highest BCUT2D eigenvalue weighted by molar-refractivity contribution is 7.89. The van der Waals surface area contributed by atoms with Crippen molar-refractivity contribution < 1.29 is 13.5 Å². The van der Waals surface area contributed by atoms with Gasteiger partial charge >= 0.3 is 0 Å². The van der Waals surface area contributed by atoms with E-state index in [1.54, 1.807) is 18.7 Å². The molecule has 1 aliphatic rings. The highest BCUT2D eigenvalue weighted by atomic mass is 32.2. The number of aliphatic hydroxyl groups is 1. The van der Waals surface area contributed by atoms with Crippen LogP contribution in [-0.2, 0) is 17.1 Å². The number of piperazine rings is 1. The highest BCUT2D eigenvalue weighted by Gasteiger charge is 2.34. The molecule has 1 aliphatic heterocycles. The summed E-state index contributed by atoms with van der Waals surface area (Å²) in [4.78, 5) is 2.37. The number of rotatable bonds is 4. The molecule has 1 aromatic heterocycles. The van der Waals surface area contributed by atoms with Gasteiger partial charge in [-0.3, -0.25) is 4.68 Å². The van der Waals surface area contributed by atoms with E-state index in [2.05, 4.69) is 10.00 Å². The Balaban J connectivity index is 2.24. The summed E-state index contributed by atoms with van der Waals surface area (Å²) in [6.45, 7) is 3.36. The molecule has 1 atom stereocenters. The first kappa shape index (κ1) is 15.4. The largest absolute Gasteiger partial charge is 0.396 e. The molecule has 20 heavy (non-hydrogen) atoms. The van der Waals surface area contributed by atoms with E-state index < -0.39 is 10.0 Å². The molecule has 114 valence electrons. The van der Waals surface area contributed by atoms with Crippen LogP contribution in [0.25, 0.3) is 0 Å². The van der Waals surface area contributed by atoms with Gasteiger partial charge in [0.25, 0.3) is 0 Å². The molecule has 0 aromatic carbocycles. The lowest BCUT2D eigenvalue weighted by atomic mass is 10.1. The monoisotopic (exact) mass is 302 g/mol. The number of likely N-dealkylation sites (N-methyl/N-ethyl adjacent to an activating group) is 1. The van der Waals surface area contributed by atoms with Gasteiger partial charge in [0.15, 0.2) is 0 Å². The molecule has 1 aromatic rings. The van der Waals surface area contributed by atoms with Crippen LogP contribution in [0.4, 0.5) is 0 Å². The highest BCUT2D eigenvalue weighted by Crippen LogP contribution is 2.22. The van der Waals surface area contributed by atoms with Gasteiger partial charge in [-0.25, -0.2) is 8.42 Å². The van der Waals surface area contributed by atoms with Crippen LogP contribution < -0.4 is 0 Å². The summed E-state index contributed by atoms with van der Waals surface area (Å²) >= 11 is 0. The average molecular weight is 302 g/mol.